The van der Waals surface area contributed by atoms with E-state index in [-0.39, 0.29) is 43.3 Å². The molecule has 1 atom stereocenters. The van der Waals surface area contributed by atoms with Gasteiger partial charge in [-0.3, -0.25) is 0 Å². The molecule has 1 aromatic rings. The third-order valence-corrected chi connectivity index (χ3v) is 1.31. The van der Waals surface area contributed by atoms with Crippen molar-refractivity contribution in [3.63, 3.8) is 0 Å². The fourth-order valence-electron chi connectivity index (χ4n) is 0.747. The Hall–Kier alpha value is 0.165. The van der Waals surface area contributed by atoms with Crippen molar-refractivity contribution >= 4 is 0 Å². The minimum absolute atomic E-state index is 0. The maximum Gasteiger partial charge on any atom is 1.00 e. The van der Waals surface area contributed by atoms with Gasteiger partial charge in [0.25, 0.3) is 0 Å². The summed E-state index contributed by atoms with van der Waals surface area (Å²) in [6, 6.07) is 7.53. The maximum absolute atomic E-state index is 11.8. The van der Waals surface area contributed by atoms with E-state index in [0.29, 0.717) is 0 Å². The van der Waals surface area contributed by atoms with Crippen molar-refractivity contribution in [2.75, 3.05) is 0 Å². The van der Waals surface area contributed by atoms with Crippen LogP contribution in [0.4, 0.5) is 13.2 Å². The minimum atomic E-state index is -4.72. The van der Waals surface area contributed by atoms with Crippen molar-refractivity contribution in [1.82, 2.24) is 0 Å². The third-order valence-electron chi connectivity index (χ3n) is 1.31. The van der Waals surface area contributed by atoms with E-state index >= 15 is 0 Å². The van der Waals surface area contributed by atoms with Crippen LogP contribution in [0.3, 0.4) is 0 Å². The van der Waals surface area contributed by atoms with E-state index in [1.165, 1.54) is 18.2 Å². The van der Waals surface area contributed by atoms with E-state index in [4.69, 9.17) is 0 Å². The van der Waals surface area contributed by atoms with E-state index in [9.17, 15) is 18.3 Å². The molecule has 1 rings (SSSR count). The monoisotopic (exact) mass is 188 g/mol. The van der Waals surface area contributed by atoms with Crippen molar-refractivity contribution in [2.24, 2.45) is 0 Å². The van der Waals surface area contributed by atoms with Crippen LogP contribution in [-0.4, -0.2) is 6.18 Å². The molecule has 0 saturated carbocycles. The average molecular weight is 188 g/mol. The number of benzene rings is 1. The van der Waals surface area contributed by atoms with E-state index in [2.05, 4.69) is 6.07 Å². The predicted octanol–water partition coefficient (Wildman–Crippen LogP) is -4.54. The van der Waals surface area contributed by atoms with Crippen molar-refractivity contribution in [3.05, 3.63) is 35.9 Å². The summed E-state index contributed by atoms with van der Waals surface area (Å²) < 4.78 is 35.4. The molecule has 0 spiro atoms. The Balaban J connectivity index is 0. The summed E-state index contributed by atoms with van der Waals surface area (Å²) in [5.41, 5.74) is -0.370. The van der Waals surface area contributed by atoms with E-state index in [0.717, 1.165) is 6.07 Å². The molecule has 0 aliphatic heterocycles. The van der Waals surface area contributed by atoms with Crippen LogP contribution in [0.25, 0.3) is 0 Å². The molecule has 0 aromatic heterocycles. The first-order chi connectivity index (χ1) is 5.52. The largest absolute Gasteiger partial charge is 1.00 e. The van der Waals surface area contributed by atoms with Gasteiger partial charge in [0.15, 0.2) is 0 Å². The second-order valence-corrected chi connectivity index (χ2v) is 2.24. The summed E-state index contributed by atoms with van der Waals surface area (Å²) in [4.78, 5) is 0. The van der Waals surface area contributed by atoms with Gasteiger partial charge in [0.2, 0.25) is 0 Å². The molecule has 0 saturated heterocycles. The molecule has 0 aliphatic rings. The van der Waals surface area contributed by atoms with Crippen LogP contribution in [-0.2, 0) is 0 Å². The maximum atomic E-state index is 11.8. The number of rotatable bonds is 1. The molecule has 0 radical (unpaired) electrons. The number of hydrogen-bond acceptors (Lipinski definition) is 1. The topological polar surface area (TPSA) is 23.1 Å². The number of alkyl halides is 3. The Bertz CT molecular complexity index is 251. The summed E-state index contributed by atoms with van der Waals surface area (Å²) in [5.74, 6) is 0. The Labute approximate surface area is 104 Å². The van der Waals surface area contributed by atoms with Gasteiger partial charge in [0, 0.05) is 0 Å². The fourth-order valence-corrected chi connectivity index (χ4v) is 0.747. The first-order valence-electron chi connectivity index (χ1n) is 3.21. The Morgan fingerprint density at radius 2 is 1.79 bits per heavy atom. The van der Waals surface area contributed by atoms with Crippen LogP contribution in [0.15, 0.2) is 24.3 Å². The zero-order valence-corrected chi connectivity index (χ0v) is 7.93. The predicted molar refractivity (Wildman–Crippen MR) is 34.1 cm³/mol. The fraction of sp³-hybridized carbons (Fsp3) is 0.250. The molecule has 1 aromatic carbocycles. The summed E-state index contributed by atoms with van der Waals surface area (Å²) in [6.45, 7) is 0. The molecule has 0 N–H and O–H groups in total. The summed E-state index contributed by atoms with van der Waals surface area (Å²) in [5, 5.41) is 10.6. The van der Waals surface area contributed by atoms with Gasteiger partial charge >= 0.3 is 43.9 Å². The second kappa shape index (κ2) is 6.61. The summed E-state index contributed by atoms with van der Waals surface area (Å²) in [6.07, 6.45) is -7.41. The second-order valence-electron chi connectivity index (χ2n) is 2.24. The van der Waals surface area contributed by atoms with Crippen LogP contribution in [0.2, 0.25) is 0 Å². The van der Waals surface area contributed by atoms with Crippen LogP contribution in [0.5, 0.6) is 0 Å². The zero-order chi connectivity index (χ0) is 9.19. The van der Waals surface area contributed by atoms with Crippen LogP contribution in [0, 0.1) is 6.07 Å². The Morgan fingerprint density at radius 3 is 2.14 bits per heavy atom. The van der Waals surface area contributed by atoms with Gasteiger partial charge in [-0.1, -0.05) is 0 Å². The SMILES string of the molecule is [Li+].[Li+].[O-]C(c1[c-]cccc1)C(F)(F)F. The van der Waals surface area contributed by atoms with Crippen LogP contribution >= 0.6 is 0 Å². The minimum Gasteiger partial charge on any atom is -0.844 e. The van der Waals surface area contributed by atoms with Gasteiger partial charge in [0.1, 0.15) is 0 Å². The van der Waals surface area contributed by atoms with E-state index in [1.54, 1.807) is 0 Å². The van der Waals surface area contributed by atoms with Crippen LogP contribution < -0.4 is 42.8 Å². The van der Waals surface area contributed by atoms with Gasteiger partial charge in [-0.25, -0.2) is 0 Å². The normalized spacial score (nSPS) is 12.3. The van der Waals surface area contributed by atoms with Crippen LogP contribution in [0.1, 0.15) is 11.7 Å². The summed E-state index contributed by atoms with van der Waals surface area (Å²) in [7, 11) is 0. The smallest absolute Gasteiger partial charge is 0.844 e. The molecule has 14 heavy (non-hydrogen) atoms. The Kier molecular flexibility index (Phi) is 7.84. The molecule has 0 aliphatic carbocycles. The molecular formula is C8H5F3Li2O. The molecule has 6 heteroatoms. The van der Waals surface area contributed by atoms with Crippen molar-refractivity contribution in [3.8, 4) is 0 Å². The van der Waals surface area contributed by atoms with Gasteiger partial charge < -0.3 is 5.11 Å². The number of hydrogen-bond donors (Lipinski definition) is 0. The zero-order valence-electron chi connectivity index (χ0n) is 7.93. The quantitative estimate of drug-likeness (QED) is 0.321. The molecule has 66 valence electrons. The van der Waals surface area contributed by atoms with E-state index < -0.39 is 12.3 Å². The molecule has 1 unspecified atom stereocenters. The van der Waals surface area contributed by atoms with Gasteiger partial charge in [-0.2, -0.15) is 49.1 Å². The standard InChI is InChI=1S/C8H5F3O.2Li/c9-8(10,11)7(12)6-4-2-1-3-5-6;;/h1-4,7H;;/q-2;2*+1. The molecule has 0 heterocycles. The van der Waals surface area contributed by atoms with E-state index in [1.807, 2.05) is 0 Å². The molecule has 1 nitrogen and oxygen atoms in total. The first-order valence-corrected chi connectivity index (χ1v) is 3.21. The molecular weight excluding hydrogens is 183 g/mol. The molecule has 0 bridgehead atoms. The third kappa shape index (κ3) is 4.60. The first kappa shape index (κ1) is 16.6. The van der Waals surface area contributed by atoms with Crippen molar-refractivity contribution in [1.29, 1.82) is 0 Å². The Morgan fingerprint density at radius 1 is 1.21 bits per heavy atom. The van der Waals surface area contributed by atoms with Gasteiger partial charge in [0.05, 0.1) is 0 Å². The molecule has 0 amide bonds. The van der Waals surface area contributed by atoms with Crippen molar-refractivity contribution < 1.29 is 56.0 Å². The summed E-state index contributed by atoms with van der Waals surface area (Å²) >= 11 is 0. The number of halogens is 3. The average Bonchev–Trinajstić information content (AvgIpc) is 2.03. The van der Waals surface area contributed by atoms with Crippen molar-refractivity contribution in [2.45, 2.75) is 12.3 Å². The van der Waals surface area contributed by atoms with Gasteiger partial charge in [-0.05, 0) is 6.10 Å². The van der Waals surface area contributed by atoms with Gasteiger partial charge in [-0.15, -0.1) is 0 Å². The molecule has 0 fully saturated rings.